The molecule has 2 aliphatic rings. The molecule has 1 fully saturated rings. The SMILES string of the molecule is C=C1C=C2OCCC2=CN1. The van der Waals surface area contributed by atoms with Crippen molar-refractivity contribution in [1.82, 2.24) is 5.32 Å². The molecule has 1 N–H and O–H groups in total. The van der Waals surface area contributed by atoms with Crippen molar-refractivity contribution in [3.05, 3.63) is 35.9 Å². The maximum atomic E-state index is 5.32. The summed E-state index contributed by atoms with van der Waals surface area (Å²) >= 11 is 0. The summed E-state index contributed by atoms with van der Waals surface area (Å²) in [7, 11) is 0. The predicted molar refractivity (Wildman–Crippen MR) is 39.0 cm³/mol. The predicted octanol–water partition coefficient (Wildman–Crippen LogP) is 1.29. The average molecular weight is 135 g/mol. The Morgan fingerprint density at radius 1 is 1.60 bits per heavy atom. The first kappa shape index (κ1) is 5.59. The average Bonchev–Trinajstić information content (AvgIpc) is 2.33. The normalized spacial score (nSPS) is 22.2. The van der Waals surface area contributed by atoms with Gasteiger partial charge in [-0.3, -0.25) is 0 Å². The molecule has 0 spiro atoms. The van der Waals surface area contributed by atoms with Crippen molar-refractivity contribution in [2.24, 2.45) is 0 Å². The van der Waals surface area contributed by atoms with E-state index in [0.29, 0.717) is 0 Å². The molecule has 10 heavy (non-hydrogen) atoms. The van der Waals surface area contributed by atoms with Crippen LogP contribution in [0.2, 0.25) is 0 Å². The van der Waals surface area contributed by atoms with Gasteiger partial charge in [0.25, 0.3) is 0 Å². The van der Waals surface area contributed by atoms with Crippen molar-refractivity contribution in [1.29, 1.82) is 0 Å². The van der Waals surface area contributed by atoms with Crippen LogP contribution in [0, 0.1) is 0 Å². The van der Waals surface area contributed by atoms with Gasteiger partial charge in [0.15, 0.2) is 0 Å². The Morgan fingerprint density at radius 2 is 2.50 bits per heavy atom. The van der Waals surface area contributed by atoms with Crippen molar-refractivity contribution in [2.75, 3.05) is 6.61 Å². The Labute approximate surface area is 59.9 Å². The standard InChI is InChI=1S/C8H9NO/c1-6-4-8-7(5-9-6)2-3-10-8/h4-5,9H,1-3H2. The molecular weight excluding hydrogens is 126 g/mol. The molecule has 0 aromatic heterocycles. The highest BCUT2D eigenvalue weighted by molar-refractivity contribution is 5.38. The third kappa shape index (κ3) is 0.727. The van der Waals surface area contributed by atoms with Gasteiger partial charge in [0, 0.05) is 30.0 Å². The fraction of sp³-hybridized carbons (Fsp3) is 0.250. The number of hydrogen-bond acceptors (Lipinski definition) is 2. The van der Waals surface area contributed by atoms with Gasteiger partial charge in [-0.1, -0.05) is 6.58 Å². The summed E-state index contributed by atoms with van der Waals surface area (Å²) in [5, 5.41) is 3.04. The molecular formula is C8H9NO. The van der Waals surface area contributed by atoms with E-state index in [1.54, 1.807) is 0 Å². The van der Waals surface area contributed by atoms with Gasteiger partial charge in [-0.2, -0.15) is 0 Å². The molecule has 0 unspecified atom stereocenters. The Hall–Kier alpha value is -1.18. The molecule has 0 radical (unpaired) electrons. The highest BCUT2D eigenvalue weighted by Crippen LogP contribution is 2.26. The lowest BCUT2D eigenvalue weighted by atomic mass is 10.1. The Balaban J connectivity index is 2.35. The molecule has 0 atom stereocenters. The van der Waals surface area contributed by atoms with Crippen molar-refractivity contribution in [3.63, 3.8) is 0 Å². The molecule has 2 heteroatoms. The van der Waals surface area contributed by atoms with Crippen LogP contribution in [0.25, 0.3) is 0 Å². The van der Waals surface area contributed by atoms with E-state index in [1.807, 2.05) is 12.3 Å². The largest absolute Gasteiger partial charge is 0.493 e. The van der Waals surface area contributed by atoms with Crippen LogP contribution < -0.4 is 5.32 Å². The summed E-state index contributed by atoms with van der Waals surface area (Å²) in [6, 6.07) is 0. The zero-order chi connectivity index (χ0) is 6.97. The second-order valence-corrected chi connectivity index (χ2v) is 2.45. The fourth-order valence-electron chi connectivity index (χ4n) is 1.14. The van der Waals surface area contributed by atoms with E-state index in [0.717, 1.165) is 24.5 Å². The molecule has 52 valence electrons. The zero-order valence-electron chi connectivity index (χ0n) is 5.68. The van der Waals surface area contributed by atoms with E-state index in [2.05, 4.69) is 11.9 Å². The van der Waals surface area contributed by atoms with Gasteiger partial charge >= 0.3 is 0 Å². The third-order valence-electron chi connectivity index (χ3n) is 1.68. The Kier molecular flexibility index (Phi) is 1.07. The van der Waals surface area contributed by atoms with Crippen molar-refractivity contribution in [3.8, 4) is 0 Å². The van der Waals surface area contributed by atoms with Crippen LogP contribution in [0.15, 0.2) is 35.9 Å². The molecule has 2 heterocycles. The number of ether oxygens (including phenoxy) is 1. The van der Waals surface area contributed by atoms with Crippen LogP contribution in [0.3, 0.4) is 0 Å². The van der Waals surface area contributed by atoms with Gasteiger partial charge in [-0.05, 0) is 0 Å². The lowest BCUT2D eigenvalue weighted by Gasteiger charge is -2.09. The lowest BCUT2D eigenvalue weighted by molar-refractivity contribution is 0.265. The summed E-state index contributed by atoms with van der Waals surface area (Å²) in [5.41, 5.74) is 2.16. The van der Waals surface area contributed by atoms with Crippen LogP contribution >= 0.6 is 0 Å². The molecule has 2 rings (SSSR count). The summed E-state index contributed by atoms with van der Waals surface area (Å²) in [6.07, 6.45) is 4.92. The number of fused-ring (bicyclic) bond motifs is 1. The number of dihydropyridines is 1. The molecule has 1 saturated heterocycles. The molecule has 0 saturated carbocycles. The third-order valence-corrected chi connectivity index (χ3v) is 1.68. The number of nitrogens with one attached hydrogen (secondary N) is 1. The lowest BCUT2D eigenvalue weighted by Crippen LogP contribution is -2.07. The van der Waals surface area contributed by atoms with Crippen LogP contribution in [0.1, 0.15) is 6.42 Å². The minimum absolute atomic E-state index is 0.812. The molecule has 0 aliphatic carbocycles. The van der Waals surface area contributed by atoms with Crippen LogP contribution in [-0.4, -0.2) is 6.61 Å². The molecule has 0 amide bonds. The Bertz CT molecular complexity index is 238. The minimum atomic E-state index is 0.812. The van der Waals surface area contributed by atoms with Crippen molar-refractivity contribution < 1.29 is 4.74 Å². The highest BCUT2D eigenvalue weighted by Gasteiger charge is 2.17. The molecule has 0 aromatic carbocycles. The van der Waals surface area contributed by atoms with E-state index >= 15 is 0 Å². The maximum Gasteiger partial charge on any atom is 0.126 e. The smallest absolute Gasteiger partial charge is 0.126 e. The molecule has 0 bridgehead atoms. The van der Waals surface area contributed by atoms with Gasteiger partial charge in [0.05, 0.1) is 6.61 Å². The number of rotatable bonds is 0. The fourth-order valence-corrected chi connectivity index (χ4v) is 1.14. The van der Waals surface area contributed by atoms with E-state index in [1.165, 1.54) is 5.57 Å². The first-order chi connectivity index (χ1) is 4.86. The van der Waals surface area contributed by atoms with E-state index in [4.69, 9.17) is 4.74 Å². The zero-order valence-corrected chi connectivity index (χ0v) is 5.68. The van der Waals surface area contributed by atoms with Crippen LogP contribution in [-0.2, 0) is 4.74 Å². The van der Waals surface area contributed by atoms with E-state index in [9.17, 15) is 0 Å². The second-order valence-electron chi connectivity index (χ2n) is 2.45. The first-order valence-electron chi connectivity index (χ1n) is 3.35. The second kappa shape index (κ2) is 1.90. The van der Waals surface area contributed by atoms with Crippen LogP contribution in [0.5, 0.6) is 0 Å². The molecule has 2 aliphatic heterocycles. The van der Waals surface area contributed by atoms with Crippen LogP contribution in [0.4, 0.5) is 0 Å². The topological polar surface area (TPSA) is 21.3 Å². The molecule has 2 nitrogen and oxygen atoms in total. The monoisotopic (exact) mass is 135 g/mol. The van der Waals surface area contributed by atoms with Crippen molar-refractivity contribution in [2.45, 2.75) is 6.42 Å². The van der Waals surface area contributed by atoms with Gasteiger partial charge in [0.2, 0.25) is 0 Å². The quantitative estimate of drug-likeness (QED) is 0.540. The maximum absolute atomic E-state index is 5.32. The van der Waals surface area contributed by atoms with Crippen molar-refractivity contribution >= 4 is 0 Å². The number of hydrogen-bond donors (Lipinski definition) is 1. The summed E-state index contributed by atoms with van der Waals surface area (Å²) in [5.74, 6) is 0.990. The van der Waals surface area contributed by atoms with E-state index < -0.39 is 0 Å². The van der Waals surface area contributed by atoms with Gasteiger partial charge in [-0.25, -0.2) is 0 Å². The van der Waals surface area contributed by atoms with Gasteiger partial charge in [-0.15, -0.1) is 0 Å². The van der Waals surface area contributed by atoms with Gasteiger partial charge < -0.3 is 10.1 Å². The Morgan fingerprint density at radius 3 is 3.40 bits per heavy atom. The first-order valence-corrected chi connectivity index (χ1v) is 3.35. The van der Waals surface area contributed by atoms with Gasteiger partial charge in [0.1, 0.15) is 5.76 Å². The summed E-state index contributed by atoms with van der Waals surface area (Å²) in [4.78, 5) is 0. The van der Waals surface area contributed by atoms with E-state index in [-0.39, 0.29) is 0 Å². The summed E-state index contributed by atoms with van der Waals surface area (Å²) in [6.45, 7) is 4.57. The molecule has 0 aromatic rings. The number of allylic oxidation sites excluding steroid dienone is 2. The highest BCUT2D eigenvalue weighted by atomic mass is 16.5. The minimum Gasteiger partial charge on any atom is -0.493 e. The summed E-state index contributed by atoms with van der Waals surface area (Å²) < 4.78 is 5.32.